The number of benzene rings is 1. The molecule has 1 aromatic rings. The first-order valence-electron chi connectivity index (χ1n) is 4.59. The normalized spacial score (nSPS) is 13.6. The van der Waals surface area contributed by atoms with E-state index < -0.39 is 0 Å². The van der Waals surface area contributed by atoms with Crippen LogP contribution < -0.4 is 0 Å². The number of allylic oxidation sites excluding steroid dienone is 1. The van der Waals surface area contributed by atoms with Crippen molar-refractivity contribution >= 4 is 26.1 Å². The molecule has 0 heterocycles. The molecule has 0 saturated heterocycles. The second-order valence-electron chi connectivity index (χ2n) is 3.05. The van der Waals surface area contributed by atoms with Gasteiger partial charge < -0.3 is 0 Å². The number of hydrogen-bond acceptors (Lipinski definition) is 1. The van der Waals surface area contributed by atoms with Crippen molar-refractivity contribution in [2.45, 2.75) is 12.3 Å². The summed E-state index contributed by atoms with van der Waals surface area (Å²) in [7, 11) is 1.84. The molecule has 0 fully saturated rings. The van der Waals surface area contributed by atoms with E-state index in [1.54, 1.807) is 0 Å². The van der Waals surface area contributed by atoms with Gasteiger partial charge in [0.1, 0.15) is 0 Å². The molecule has 0 N–H and O–H groups in total. The molecule has 1 rings (SSSR count). The summed E-state index contributed by atoms with van der Waals surface area (Å²) in [6.45, 7) is 3.79. The van der Waals surface area contributed by atoms with Crippen LogP contribution in [0.4, 0.5) is 0 Å². The van der Waals surface area contributed by atoms with E-state index in [9.17, 15) is 0 Å². The molecule has 1 aromatic carbocycles. The molecule has 0 aliphatic rings. The molecule has 0 saturated carbocycles. The van der Waals surface area contributed by atoms with Crippen LogP contribution in [-0.2, 0) is 0 Å². The van der Waals surface area contributed by atoms with Gasteiger partial charge in [0.05, 0.1) is 0 Å². The van der Waals surface area contributed by atoms with Gasteiger partial charge in [-0.1, -0.05) is 0 Å². The Balaban J connectivity index is 2.94. The number of nitrogens with zero attached hydrogens (tertiary/aromatic N) is 1. The standard InChI is InChI=1S/C12H14NTe/c1-3-7-11(12(14)13-2)10-8-5-4-6-9-10/h3-6,8-9,11H,1,7H2,2H3. The van der Waals surface area contributed by atoms with E-state index in [0.717, 1.165) is 6.42 Å². The zero-order valence-electron chi connectivity index (χ0n) is 8.31. The quantitative estimate of drug-likeness (QED) is 0.460. The Morgan fingerprint density at radius 1 is 1.50 bits per heavy atom. The van der Waals surface area contributed by atoms with Crippen molar-refractivity contribution in [3.63, 3.8) is 0 Å². The first-order chi connectivity index (χ1) is 6.79. The van der Waals surface area contributed by atoms with Crippen LogP contribution in [-0.4, -0.2) is 33.1 Å². The van der Waals surface area contributed by atoms with Crippen LogP contribution >= 0.6 is 0 Å². The fraction of sp³-hybridized carbons (Fsp3) is 0.250. The zero-order valence-corrected chi connectivity index (χ0v) is 10.6. The van der Waals surface area contributed by atoms with Gasteiger partial charge in [-0.2, -0.15) is 0 Å². The number of hydrogen-bond donors (Lipinski definition) is 0. The predicted octanol–water partition coefficient (Wildman–Crippen LogP) is 2.54. The molecule has 0 aromatic heterocycles. The molecule has 1 unspecified atom stereocenters. The van der Waals surface area contributed by atoms with Crippen molar-refractivity contribution in [2.75, 3.05) is 7.05 Å². The third-order valence-corrected chi connectivity index (χ3v) is 3.46. The van der Waals surface area contributed by atoms with Crippen molar-refractivity contribution in [1.29, 1.82) is 0 Å². The zero-order chi connectivity index (χ0) is 10.4. The molecule has 0 amide bonds. The van der Waals surface area contributed by atoms with Gasteiger partial charge in [-0.05, 0) is 0 Å². The van der Waals surface area contributed by atoms with E-state index >= 15 is 0 Å². The van der Waals surface area contributed by atoms with Crippen molar-refractivity contribution in [3.05, 3.63) is 48.6 Å². The Bertz CT molecular complexity index is 316. The summed E-state index contributed by atoms with van der Waals surface area (Å²) < 4.78 is 1.17. The fourth-order valence-electron chi connectivity index (χ4n) is 1.39. The monoisotopic (exact) mass is 302 g/mol. The van der Waals surface area contributed by atoms with Crippen molar-refractivity contribution in [1.82, 2.24) is 0 Å². The Hall–Kier alpha value is -0.580. The van der Waals surface area contributed by atoms with E-state index in [1.165, 1.54) is 9.32 Å². The molecule has 0 aliphatic carbocycles. The Morgan fingerprint density at radius 2 is 2.14 bits per heavy atom. The molecular weight excluding hydrogens is 286 g/mol. The molecule has 0 bridgehead atoms. The van der Waals surface area contributed by atoms with Crippen LogP contribution in [0.1, 0.15) is 17.9 Å². The van der Waals surface area contributed by atoms with E-state index in [0.29, 0.717) is 5.92 Å². The molecule has 1 radical (unpaired) electrons. The fourth-order valence-corrected chi connectivity index (χ4v) is 2.05. The molecule has 1 atom stereocenters. The van der Waals surface area contributed by atoms with Gasteiger partial charge in [-0.3, -0.25) is 0 Å². The predicted molar refractivity (Wildman–Crippen MR) is 63.1 cm³/mol. The average Bonchev–Trinajstić information content (AvgIpc) is 2.26. The summed E-state index contributed by atoms with van der Waals surface area (Å²) in [6, 6.07) is 10.5. The minimum atomic E-state index is 0.392. The van der Waals surface area contributed by atoms with Gasteiger partial charge in [-0.25, -0.2) is 0 Å². The van der Waals surface area contributed by atoms with Gasteiger partial charge in [0, 0.05) is 0 Å². The van der Waals surface area contributed by atoms with E-state index in [-0.39, 0.29) is 0 Å². The Morgan fingerprint density at radius 3 is 2.64 bits per heavy atom. The van der Waals surface area contributed by atoms with Crippen molar-refractivity contribution in [3.8, 4) is 0 Å². The molecule has 0 spiro atoms. The van der Waals surface area contributed by atoms with Gasteiger partial charge in [0.25, 0.3) is 0 Å². The third-order valence-electron chi connectivity index (χ3n) is 2.12. The van der Waals surface area contributed by atoms with E-state index in [2.05, 4.69) is 35.8 Å². The van der Waals surface area contributed by atoms with Gasteiger partial charge in [0.15, 0.2) is 0 Å². The molecule has 14 heavy (non-hydrogen) atoms. The molecule has 2 heteroatoms. The van der Waals surface area contributed by atoms with Crippen LogP contribution in [0.5, 0.6) is 0 Å². The van der Waals surface area contributed by atoms with E-state index in [4.69, 9.17) is 0 Å². The summed E-state index contributed by atoms with van der Waals surface area (Å²) in [5, 5.41) is 0. The van der Waals surface area contributed by atoms with Crippen LogP contribution in [0.25, 0.3) is 0 Å². The first-order valence-corrected chi connectivity index (χ1v) is 5.75. The summed E-state index contributed by atoms with van der Waals surface area (Å²) in [5.41, 5.74) is 1.32. The summed E-state index contributed by atoms with van der Waals surface area (Å²) >= 11 is 2.00. The second-order valence-corrected chi connectivity index (χ2v) is 4.24. The number of rotatable bonds is 4. The van der Waals surface area contributed by atoms with Gasteiger partial charge in [-0.15, -0.1) is 0 Å². The van der Waals surface area contributed by atoms with Crippen LogP contribution in [0.15, 0.2) is 48.0 Å². The maximum absolute atomic E-state index is 4.26. The molecule has 1 nitrogen and oxygen atoms in total. The third kappa shape index (κ3) is 2.97. The van der Waals surface area contributed by atoms with Crippen LogP contribution in [0.3, 0.4) is 0 Å². The summed E-state index contributed by atoms with van der Waals surface area (Å²) in [5.74, 6) is 0.392. The van der Waals surface area contributed by atoms with Crippen LogP contribution in [0.2, 0.25) is 0 Å². The topological polar surface area (TPSA) is 12.4 Å². The summed E-state index contributed by atoms with van der Waals surface area (Å²) in [6.07, 6.45) is 2.91. The molecule has 0 aliphatic heterocycles. The molecular formula is C12H14NTe. The molecule has 73 valence electrons. The van der Waals surface area contributed by atoms with E-state index in [1.807, 2.05) is 41.5 Å². The second kappa shape index (κ2) is 6.01. The van der Waals surface area contributed by atoms with Gasteiger partial charge >= 0.3 is 99.0 Å². The van der Waals surface area contributed by atoms with Crippen molar-refractivity contribution < 1.29 is 0 Å². The van der Waals surface area contributed by atoms with Gasteiger partial charge in [0.2, 0.25) is 0 Å². The SMILES string of the molecule is C=CCC(C([Te])=NC)c1ccccc1. The summed E-state index contributed by atoms with van der Waals surface area (Å²) in [4.78, 5) is 4.26. The van der Waals surface area contributed by atoms with Crippen molar-refractivity contribution in [2.24, 2.45) is 4.99 Å². The maximum atomic E-state index is 4.26. The number of aliphatic imine (C=N–C) groups is 1. The Kier molecular flexibility index (Phi) is 4.93. The first kappa shape index (κ1) is 11.5. The average molecular weight is 300 g/mol. The minimum absolute atomic E-state index is 0.392. The Labute approximate surface area is 98.9 Å². The van der Waals surface area contributed by atoms with Crippen LogP contribution in [0, 0.1) is 0 Å².